The first-order chi connectivity index (χ1) is 8.16. The van der Waals surface area contributed by atoms with E-state index in [1.165, 1.54) is 21.8 Å². The Morgan fingerprint density at radius 3 is 2.82 bits per heavy atom. The molecule has 88 valence electrons. The number of hydrogen-bond donors (Lipinski definition) is 1. The van der Waals surface area contributed by atoms with Gasteiger partial charge in [-0.15, -0.1) is 22.7 Å². The lowest BCUT2D eigenvalue weighted by molar-refractivity contribution is 0.104. The molecule has 0 radical (unpaired) electrons. The molecular formula is C12H10BrNOS2. The molecule has 0 fully saturated rings. The molecule has 1 aliphatic rings. The zero-order valence-corrected chi connectivity index (χ0v) is 12.2. The van der Waals surface area contributed by atoms with E-state index in [9.17, 15) is 4.79 Å². The Kier molecular flexibility index (Phi) is 2.84. The topological polar surface area (TPSA) is 43.1 Å². The number of aryl methyl sites for hydroxylation is 1. The molecule has 0 atom stereocenters. The van der Waals surface area contributed by atoms with Gasteiger partial charge in [0.05, 0.1) is 19.2 Å². The first-order valence-electron chi connectivity index (χ1n) is 5.37. The number of nitrogen functional groups attached to an aromatic ring is 1. The molecule has 0 aromatic carbocycles. The van der Waals surface area contributed by atoms with Gasteiger partial charge >= 0.3 is 0 Å². The van der Waals surface area contributed by atoms with Gasteiger partial charge in [0.1, 0.15) is 0 Å². The summed E-state index contributed by atoms with van der Waals surface area (Å²) in [4.78, 5) is 14.5. The number of ketones is 1. The van der Waals surface area contributed by atoms with Crippen molar-refractivity contribution in [3.63, 3.8) is 0 Å². The first-order valence-corrected chi connectivity index (χ1v) is 7.79. The number of rotatable bonds is 2. The average molecular weight is 328 g/mol. The van der Waals surface area contributed by atoms with Crippen molar-refractivity contribution in [2.24, 2.45) is 0 Å². The van der Waals surface area contributed by atoms with Crippen molar-refractivity contribution in [3.05, 3.63) is 36.8 Å². The number of nitrogens with two attached hydrogens (primary N) is 1. The van der Waals surface area contributed by atoms with Gasteiger partial charge in [-0.3, -0.25) is 4.79 Å². The Balaban J connectivity index is 2.07. The quantitative estimate of drug-likeness (QED) is 0.851. The monoisotopic (exact) mass is 327 g/mol. The molecule has 0 aliphatic heterocycles. The van der Waals surface area contributed by atoms with Gasteiger partial charge in [0.25, 0.3) is 0 Å². The second-order valence-electron chi connectivity index (χ2n) is 4.03. The van der Waals surface area contributed by atoms with Crippen molar-refractivity contribution < 1.29 is 4.79 Å². The Bertz CT molecular complexity index is 600. The van der Waals surface area contributed by atoms with Crippen molar-refractivity contribution in [1.29, 1.82) is 0 Å². The minimum absolute atomic E-state index is 0.0811. The Morgan fingerprint density at radius 2 is 2.12 bits per heavy atom. The highest BCUT2D eigenvalue weighted by Gasteiger charge is 2.26. The fourth-order valence-corrected chi connectivity index (χ4v) is 4.72. The lowest BCUT2D eigenvalue weighted by Crippen LogP contribution is -2.03. The molecule has 0 unspecified atom stereocenters. The maximum atomic E-state index is 12.4. The highest BCUT2D eigenvalue weighted by molar-refractivity contribution is 9.11. The fourth-order valence-electron chi connectivity index (χ4n) is 2.23. The average Bonchev–Trinajstić information content (AvgIpc) is 2.92. The van der Waals surface area contributed by atoms with E-state index in [0.717, 1.165) is 33.5 Å². The number of carbonyl (C=O) groups is 1. The smallest absolute Gasteiger partial charge is 0.206 e. The molecule has 2 N–H and O–H groups in total. The fraction of sp³-hybridized carbons (Fsp3) is 0.250. The predicted molar refractivity (Wildman–Crippen MR) is 76.2 cm³/mol. The van der Waals surface area contributed by atoms with Crippen LogP contribution in [0, 0.1) is 0 Å². The van der Waals surface area contributed by atoms with E-state index in [-0.39, 0.29) is 5.78 Å². The summed E-state index contributed by atoms with van der Waals surface area (Å²) in [6.45, 7) is 0. The number of halogens is 1. The number of fused-ring (bicyclic) bond motifs is 1. The van der Waals surface area contributed by atoms with E-state index in [1.54, 1.807) is 11.3 Å². The van der Waals surface area contributed by atoms with Crippen LogP contribution in [-0.2, 0) is 12.8 Å². The zero-order chi connectivity index (χ0) is 12.0. The molecule has 2 nitrogen and oxygen atoms in total. The summed E-state index contributed by atoms with van der Waals surface area (Å²) in [7, 11) is 0. The van der Waals surface area contributed by atoms with Crippen molar-refractivity contribution in [2.45, 2.75) is 19.3 Å². The normalized spacial score (nSPS) is 13.9. The molecule has 2 aromatic rings. The van der Waals surface area contributed by atoms with Gasteiger partial charge in [-0.25, -0.2) is 0 Å². The summed E-state index contributed by atoms with van der Waals surface area (Å²) in [5.74, 6) is 0.0811. The standard InChI is InChI=1S/C12H10BrNOS2/c13-9-5-4-8(16-9)11(15)10-6-2-1-3-7(6)17-12(10)14/h4-5H,1-3,14H2. The Labute approximate surface area is 116 Å². The highest BCUT2D eigenvalue weighted by Crippen LogP contribution is 2.39. The lowest BCUT2D eigenvalue weighted by atomic mass is 10.1. The van der Waals surface area contributed by atoms with Crippen LogP contribution in [0.1, 0.15) is 32.1 Å². The van der Waals surface area contributed by atoms with Gasteiger partial charge in [0.2, 0.25) is 5.78 Å². The van der Waals surface area contributed by atoms with Crippen LogP contribution in [0.25, 0.3) is 0 Å². The van der Waals surface area contributed by atoms with Crippen LogP contribution in [0.3, 0.4) is 0 Å². The molecule has 3 rings (SSSR count). The summed E-state index contributed by atoms with van der Waals surface area (Å²) >= 11 is 6.43. The molecule has 0 bridgehead atoms. The number of thiophene rings is 2. The van der Waals surface area contributed by atoms with Gasteiger partial charge in [-0.05, 0) is 52.9 Å². The predicted octanol–water partition coefficient (Wildman–Crippen LogP) is 3.87. The van der Waals surface area contributed by atoms with E-state index < -0.39 is 0 Å². The third-order valence-electron chi connectivity index (χ3n) is 2.97. The third kappa shape index (κ3) is 1.86. The Morgan fingerprint density at radius 1 is 1.29 bits per heavy atom. The molecule has 2 heterocycles. The van der Waals surface area contributed by atoms with Crippen molar-refractivity contribution in [2.75, 3.05) is 5.73 Å². The number of anilines is 1. The zero-order valence-electron chi connectivity index (χ0n) is 8.96. The van der Waals surface area contributed by atoms with Crippen LogP contribution >= 0.6 is 38.6 Å². The second kappa shape index (κ2) is 4.23. The largest absolute Gasteiger partial charge is 0.390 e. The SMILES string of the molecule is Nc1sc2c(c1C(=O)c1ccc(Br)s1)CCC2. The summed E-state index contributed by atoms with van der Waals surface area (Å²) in [5, 5.41) is 0.684. The number of hydrogen-bond acceptors (Lipinski definition) is 4. The third-order valence-corrected chi connectivity index (χ3v) is 5.72. The Hall–Kier alpha value is -0.650. The summed E-state index contributed by atoms with van der Waals surface area (Å²) in [6, 6.07) is 3.76. The van der Waals surface area contributed by atoms with Crippen LogP contribution in [0.5, 0.6) is 0 Å². The molecule has 5 heteroatoms. The lowest BCUT2D eigenvalue weighted by Gasteiger charge is -2.00. The van der Waals surface area contributed by atoms with E-state index >= 15 is 0 Å². The van der Waals surface area contributed by atoms with Crippen molar-refractivity contribution in [1.82, 2.24) is 0 Å². The minimum atomic E-state index is 0.0811. The highest BCUT2D eigenvalue weighted by atomic mass is 79.9. The molecular weight excluding hydrogens is 318 g/mol. The van der Waals surface area contributed by atoms with Gasteiger partial charge in [-0.2, -0.15) is 0 Å². The molecule has 17 heavy (non-hydrogen) atoms. The summed E-state index contributed by atoms with van der Waals surface area (Å²) in [6.07, 6.45) is 3.22. The van der Waals surface area contributed by atoms with Crippen LogP contribution in [0.4, 0.5) is 5.00 Å². The second-order valence-corrected chi connectivity index (χ2v) is 7.63. The van der Waals surface area contributed by atoms with Crippen molar-refractivity contribution in [3.8, 4) is 0 Å². The van der Waals surface area contributed by atoms with Crippen LogP contribution in [0.2, 0.25) is 0 Å². The van der Waals surface area contributed by atoms with Gasteiger partial charge in [-0.1, -0.05) is 0 Å². The minimum Gasteiger partial charge on any atom is -0.390 e. The number of carbonyl (C=O) groups excluding carboxylic acids is 1. The molecule has 0 amide bonds. The van der Waals surface area contributed by atoms with Crippen LogP contribution in [-0.4, -0.2) is 5.78 Å². The van der Waals surface area contributed by atoms with Gasteiger partial charge < -0.3 is 5.73 Å². The maximum absolute atomic E-state index is 12.4. The molecule has 0 spiro atoms. The molecule has 0 saturated carbocycles. The summed E-state index contributed by atoms with van der Waals surface area (Å²) in [5.41, 5.74) is 7.94. The van der Waals surface area contributed by atoms with Gasteiger partial charge in [0, 0.05) is 4.88 Å². The molecule has 0 saturated heterocycles. The first kappa shape index (κ1) is 11.4. The molecule has 1 aliphatic carbocycles. The van der Waals surface area contributed by atoms with E-state index in [2.05, 4.69) is 15.9 Å². The van der Waals surface area contributed by atoms with E-state index in [4.69, 9.17) is 5.73 Å². The summed E-state index contributed by atoms with van der Waals surface area (Å²) < 4.78 is 0.978. The maximum Gasteiger partial charge on any atom is 0.206 e. The van der Waals surface area contributed by atoms with Gasteiger partial charge in [0.15, 0.2) is 0 Å². The van der Waals surface area contributed by atoms with E-state index in [0.29, 0.717) is 5.00 Å². The molecule has 2 aromatic heterocycles. The van der Waals surface area contributed by atoms with Crippen LogP contribution < -0.4 is 5.73 Å². The van der Waals surface area contributed by atoms with Crippen LogP contribution in [0.15, 0.2) is 15.9 Å². The van der Waals surface area contributed by atoms with E-state index in [1.807, 2.05) is 12.1 Å². The van der Waals surface area contributed by atoms with Crippen molar-refractivity contribution >= 4 is 49.4 Å².